The summed E-state index contributed by atoms with van der Waals surface area (Å²) in [5, 5.41) is 12.7. The summed E-state index contributed by atoms with van der Waals surface area (Å²) in [6.45, 7) is 3.89. The molecule has 0 heterocycles. The number of carbonyl (C=O) groups is 1. The number of phenolic OH excluding ortho intramolecular Hbond substituents is 1. The lowest BCUT2D eigenvalue weighted by atomic mass is 10.1. The van der Waals surface area contributed by atoms with Crippen molar-refractivity contribution in [3.8, 4) is 5.75 Å². The lowest BCUT2D eigenvalue weighted by molar-refractivity contribution is 0.0936. The van der Waals surface area contributed by atoms with Crippen molar-refractivity contribution >= 4 is 17.5 Å². The summed E-state index contributed by atoms with van der Waals surface area (Å²) in [4.78, 5) is 11.6. The Balaban J connectivity index is 2.82. The van der Waals surface area contributed by atoms with Crippen LogP contribution in [0, 0.1) is 0 Å². The Bertz CT molecular complexity index is 366. The lowest BCUT2D eigenvalue weighted by Gasteiger charge is -2.12. The van der Waals surface area contributed by atoms with Gasteiger partial charge in [-0.1, -0.05) is 18.5 Å². The van der Waals surface area contributed by atoms with E-state index in [2.05, 4.69) is 5.32 Å². The fraction of sp³-hybridized carbons (Fsp3) is 0.364. The first-order chi connectivity index (χ1) is 7.04. The summed E-state index contributed by atoms with van der Waals surface area (Å²) in [6.07, 6.45) is 0.847. The predicted molar refractivity (Wildman–Crippen MR) is 60.3 cm³/mol. The quantitative estimate of drug-likeness (QED) is 0.834. The Labute approximate surface area is 94.1 Å². The van der Waals surface area contributed by atoms with Crippen LogP contribution in [0.3, 0.4) is 0 Å². The van der Waals surface area contributed by atoms with Crippen LogP contribution in [0.4, 0.5) is 0 Å². The zero-order valence-electron chi connectivity index (χ0n) is 8.75. The number of amides is 1. The normalized spacial score (nSPS) is 12.2. The molecule has 2 N–H and O–H groups in total. The van der Waals surface area contributed by atoms with Crippen LogP contribution in [-0.2, 0) is 0 Å². The smallest absolute Gasteiger partial charge is 0.255 e. The molecular formula is C11H14ClNO2. The molecule has 1 atom stereocenters. The van der Waals surface area contributed by atoms with Gasteiger partial charge >= 0.3 is 0 Å². The van der Waals surface area contributed by atoms with Crippen LogP contribution >= 0.6 is 11.6 Å². The molecule has 0 bridgehead atoms. The monoisotopic (exact) mass is 227 g/mol. The van der Waals surface area contributed by atoms with Gasteiger partial charge in [0.2, 0.25) is 0 Å². The molecule has 0 aromatic heterocycles. The number of carbonyl (C=O) groups excluding carboxylic acids is 1. The van der Waals surface area contributed by atoms with E-state index in [1.54, 1.807) is 6.07 Å². The average Bonchev–Trinajstić information content (AvgIpc) is 2.17. The van der Waals surface area contributed by atoms with E-state index in [0.717, 1.165) is 6.42 Å². The average molecular weight is 228 g/mol. The van der Waals surface area contributed by atoms with Crippen LogP contribution in [-0.4, -0.2) is 17.1 Å². The fourth-order valence-electron chi connectivity index (χ4n) is 1.10. The Morgan fingerprint density at radius 3 is 2.80 bits per heavy atom. The third-order valence-electron chi connectivity index (χ3n) is 2.19. The summed E-state index contributed by atoms with van der Waals surface area (Å²) < 4.78 is 0. The molecule has 0 radical (unpaired) electrons. The third kappa shape index (κ3) is 3.13. The molecule has 3 nitrogen and oxygen atoms in total. The van der Waals surface area contributed by atoms with Crippen LogP contribution < -0.4 is 5.32 Å². The van der Waals surface area contributed by atoms with Crippen molar-refractivity contribution in [3.63, 3.8) is 0 Å². The van der Waals surface area contributed by atoms with Gasteiger partial charge < -0.3 is 10.4 Å². The maximum Gasteiger partial charge on any atom is 0.255 e. The fourth-order valence-corrected chi connectivity index (χ4v) is 1.27. The van der Waals surface area contributed by atoms with Crippen LogP contribution in [0.2, 0.25) is 5.02 Å². The molecule has 0 aliphatic carbocycles. The summed E-state index contributed by atoms with van der Waals surface area (Å²) in [5.74, 6) is -0.373. The minimum atomic E-state index is -0.279. The second kappa shape index (κ2) is 5.03. The van der Waals surface area contributed by atoms with Gasteiger partial charge in [-0.15, -0.1) is 0 Å². The summed E-state index contributed by atoms with van der Waals surface area (Å²) >= 11 is 5.66. The lowest BCUT2D eigenvalue weighted by Crippen LogP contribution is -2.31. The van der Waals surface area contributed by atoms with Gasteiger partial charge in [-0.2, -0.15) is 0 Å². The van der Waals surface area contributed by atoms with Crippen molar-refractivity contribution in [3.05, 3.63) is 28.8 Å². The molecule has 1 aromatic carbocycles. The van der Waals surface area contributed by atoms with Crippen LogP contribution in [0.15, 0.2) is 18.2 Å². The largest absolute Gasteiger partial charge is 0.507 e. The maximum atomic E-state index is 11.6. The molecule has 1 rings (SSSR count). The van der Waals surface area contributed by atoms with Gasteiger partial charge in [0.1, 0.15) is 5.75 Å². The SMILES string of the molecule is CCC(C)NC(=O)c1ccc(Cl)cc1O. The molecule has 15 heavy (non-hydrogen) atoms. The molecule has 0 fully saturated rings. The first-order valence-electron chi connectivity index (χ1n) is 4.84. The minimum Gasteiger partial charge on any atom is -0.507 e. The van der Waals surface area contributed by atoms with Gasteiger partial charge in [0.25, 0.3) is 5.91 Å². The molecular weight excluding hydrogens is 214 g/mol. The number of hydrogen-bond acceptors (Lipinski definition) is 2. The van der Waals surface area contributed by atoms with Crippen LogP contribution in [0.25, 0.3) is 0 Å². The Morgan fingerprint density at radius 1 is 1.60 bits per heavy atom. The zero-order valence-corrected chi connectivity index (χ0v) is 9.51. The molecule has 0 saturated heterocycles. The highest BCUT2D eigenvalue weighted by Gasteiger charge is 2.12. The highest BCUT2D eigenvalue weighted by atomic mass is 35.5. The number of halogens is 1. The number of hydrogen-bond donors (Lipinski definition) is 2. The molecule has 0 spiro atoms. The maximum absolute atomic E-state index is 11.6. The number of nitrogens with one attached hydrogen (secondary N) is 1. The van der Waals surface area contributed by atoms with Gasteiger partial charge in [-0.25, -0.2) is 0 Å². The van der Waals surface area contributed by atoms with Crippen LogP contribution in [0.1, 0.15) is 30.6 Å². The van der Waals surface area contributed by atoms with Crippen molar-refractivity contribution in [1.29, 1.82) is 0 Å². The number of aromatic hydroxyl groups is 1. The topological polar surface area (TPSA) is 49.3 Å². The first kappa shape index (κ1) is 11.9. The third-order valence-corrected chi connectivity index (χ3v) is 2.43. The van der Waals surface area contributed by atoms with Crippen molar-refractivity contribution in [2.75, 3.05) is 0 Å². The number of phenols is 1. The minimum absolute atomic E-state index is 0.0904. The van der Waals surface area contributed by atoms with E-state index < -0.39 is 0 Å². The molecule has 1 unspecified atom stereocenters. The van der Waals surface area contributed by atoms with E-state index in [0.29, 0.717) is 5.02 Å². The van der Waals surface area contributed by atoms with Crippen molar-refractivity contribution in [2.45, 2.75) is 26.3 Å². The second-order valence-electron chi connectivity index (χ2n) is 3.44. The van der Waals surface area contributed by atoms with Crippen molar-refractivity contribution in [2.24, 2.45) is 0 Å². The van der Waals surface area contributed by atoms with E-state index >= 15 is 0 Å². The highest BCUT2D eigenvalue weighted by molar-refractivity contribution is 6.30. The molecule has 1 amide bonds. The first-order valence-corrected chi connectivity index (χ1v) is 5.21. The molecule has 0 aliphatic rings. The number of benzene rings is 1. The second-order valence-corrected chi connectivity index (χ2v) is 3.88. The van der Waals surface area contributed by atoms with Crippen LogP contribution in [0.5, 0.6) is 5.75 Å². The summed E-state index contributed by atoms with van der Waals surface area (Å²) in [6, 6.07) is 4.53. The highest BCUT2D eigenvalue weighted by Crippen LogP contribution is 2.21. The molecule has 0 saturated carbocycles. The Hall–Kier alpha value is -1.22. The standard InChI is InChI=1S/C11H14ClNO2/c1-3-7(2)13-11(15)9-5-4-8(12)6-10(9)14/h4-7,14H,3H2,1-2H3,(H,13,15). The number of rotatable bonds is 3. The van der Waals surface area contributed by atoms with E-state index in [-0.39, 0.29) is 23.3 Å². The molecule has 82 valence electrons. The van der Waals surface area contributed by atoms with Gasteiger partial charge in [0, 0.05) is 11.1 Å². The van der Waals surface area contributed by atoms with Crippen molar-refractivity contribution < 1.29 is 9.90 Å². The van der Waals surface area contributed by atoms with E-state index in [1.165, 1.54) is 12.1 Å². The van der Waals surface area contributed by atoms with E-state index in [9.17, 15) is 9.90 Å². The van der Waals surface area contributed by atoms with E-state index in [1.807, 2.05) is 13.8 Å². The molecule has 0 aliphatic heterocycles. The van der Waals surface area contributed by atoms with Gasteiger partial charge in [-0.3, -0.25) is 4.79 Å². The van der Waals surface area contributed by atoms with Gasteiger partial charge in [-0.05, 0) is 31.5 Å². The van der Waals surface area contributed by atoms with Gasteiger partial charge in [0.05, 0.1) is 5.56 Å². The van der Waals surface area contributed by atoms with E-state index in [4.69, 9.17) is 11.6 Å². The zero-order chi connectivity index (χ0) is 11.4. The molecule has 4 heteroatoms. The molecule has 1 aromatic rings. The van der Waals surface area contributed by atoms with Crippen molar-refractivity contribution in [1.82, 2.24) is 5.32 Å². The summed E-state index contributed by atoms with van der Waals surface area (Å²) in [7, 11) is 0. The predicted octanol–water partition coefficient (Wildman–Crippen LogP) is 2.57. The summed E-state index contributed by atoms with van der Waals surface area (Å²) in [5.41, 5.74) is 0.250. The Morgan fingerprint density at radius 2 is 2.27 bits per heavy atom. The Kier molecular flexibility index (Phi) is 3.97. The van der Waals surface area contributed by atoms with Gasteiger partial charge in [0.15, 0.2) is 0 Å².